The molecule has 0 atom stereocenters. The predicted molar refractivity (Wildman–Crippen MR) is 85.2 cm³/mol. The van der Waals surface area contributed by atoms with Crippen molar-refractivity contribution < 1.29 is 10.0 Å². The van der Waals surface area contributed by atoms with Crippen LogP contribution < -0.4 is 4.90 Å². The van der Waals surface area contributed by atoms with Gasteiger partial charge < -0.3 is 10.0 Å². The fourth-order valence-corrected chi connectivity index (χ4v) is 3.11. The number of pyridine rings is 1. The second-order valence-corrected chi connectivity index (χ2v) is 5.83. The largest absolute Gasteiger partial charge is 0.396 e. The van der Waals surface area contributed by atoms with Crippen molar-refractivity contribution in [3.05, 3.63) is 40.1 Å². The number of aromatic nitrogens is 1. The van der Waals surface area contributed by atoms with Crippen molar-refractivity contribution in [3.8, 4) is 0 Å². The number of hydrogen-bond donors (Lipinski definition) is 1. The summed E-state index contributed by atoms with van der Waals surface area (Å²) in [6, 6.07) is 7.09. The van der Waals surface area contributed by atoms with Crippen molar-refractivity contribution in [1.29, 1.82) is 0 Å². The Labute approximate surface area is 128 Å². The predicted octanol–water partition coefficient (Wildman–Crippen LogP) is 2.66. The number of aliphatic hydroxyl groups excluding tert-OH is 1. The van der Waals surface area contributed by atoms with E-state index in [4.69, 9.17) is 0 Å². The van der Waals surface area contributed by atoms with Gasteiger partial charge in [-0.25, -0.2) is 4.98 Å². The highest BCUT2D eigenvalue weighted by Crippen LogP contribution is 2.33. The second kappa shape index (κ2) is 5.88. The van der Waals surface area contributed by atoms with Gasteiger partial charge in [-0.15, -0.1) is 0 Å². The van der Waals surface area contributed by atoms with Crippen molar-refractivity contribution in [2.45, 2.75) is 19.8 Å². The van der Waals surface area contributed by atoms with E-state index in [1.54, 1.807) is 6.07 Å². The molecule has 0 saturated carbocycles. The van der Waals surface area contributed by atoms with Gasteiger partial charge in [-0.05, 0) is 31.7 Å². The molecule has 0 unspecified atom stereocenters. The van der Waals surface area contributed by atoms with E-state index in [1.165, 1.54) is 6.07 Å². The summed E-state index contributed by atoms with van der Waals surface area (Å²) < 4.78 is 0. The Morgan fingerprint density at radius 3 is 2.77 bits per heavy atom. The van der Waals surface area contributed by atoms with Crippen molar-refractivity contribution >= 4 is 22.3 Å². The number of benzene rings is 1. The second-order valence-electron chi connectivity index (χ2n) is 5.83. The molecule has 0 radical (unpaired) electrons. The number of nitro groups is 1. The molecule has 116 valence electrons. The summed E-state index contributed by atoms with van der Waals surface area (Å²) in [5, 5.41) is 21.3. The summed E-state index contributed by atoms with van der Waals surface area (Å²) in [6.45, 7) is 3.80. The number of para-hydroxylation sites is 1. The van der Waals surface area contributed by atoms with Crippen molar-refractivity contribution in [1.82, 2.24) is 4.98 Å². The lowest BCUT2D eigenvalue weighted by Gasteiger charge is -2.33. The molecule has 1 fully saturated rings. The highest BCUT2D eigenvalue weighted by molar-refractivity contribution is 5.97. The molecule has 0 bridgehead atoms. The van der Waals surface area contributed by atoms with Crippen LogP contribution in [0.15, 0.2) is 24.3 Å². The fraction of sp³-hybridized carbons (Fsp3) is 0.438. The van der Waals surface area contributed by atoms with Crippen LogP contribution in [0.4, 0.5) is 11.4 Å². The zero-order valence-electron chi connectivity index (χ0n) is 12.5. The van der Waals surface area contributed by atoms with E-state index in [9.17, 15) is 15.2 Å². The van der Waals surface area contributed by atoms with Crippen molar-refractivity contribution in [2.75, 3.05) is 24.6 Å². The number of fused-ring (bicyclic) bond motifs is 1. The molecule has 0 amide bonds. The minimum atomic E-state index is -0.378. The maximum atomic E-state index is 11.2. The minimum absolute atomic E-state index is 0.0488. The average molecular weight is 301 g/mol. The van der Waals surface area contributed by atoms with Crippen LogP contribution in [0.5, 0.6) is 0 Å². The molecule has 1 saturated heterocycles. The fourth-order valence-electron chi connectivity index (χ4n) is 3.11. The van der Waals surface area contributed by atoms with E-state index in [0.717, 1.165) is 42.7 Å². The summed E-state index contributed by atoms with van der Waals surface area (Å²) in [5.74, 6) is 0.361. The minimum Gasteiger partial charge on any atom is -0.396 e. The van der Waals surface area contributed by atoms with Gasteiger partial charge in [0.1, 0.15) is 0 Å². The van der Waals surface area contributed by atoms with E-state index in [0.29, 0.717) is 11.4 Å². The molecule has 0 aliphatic carbocycles. The van der Waals surface area contributed by atoms with Crippen LogP contribution in [-0.2, 0) is 0 Å². The molecule has 1 aromatic heterocycles. The van der Waals surface area contributed by atoms with E-state index in [1.807, 2.05) is 19.1 Å². The summed E-state index contributed by atoms with van der Waals surface area (Å²) in [6.07, 6.45) is 1.88. The van der Waals surface area contributed by atoms with Gasteiger partial charge in [-0.2, -0.15) is 0 Å². The standard InChI is InChI=1S/C16H19N3O3/c1-11-9-15(18-7-5-12(10-20)6-8-18)13-3-2-4-14(19(21)22)16(13)17-11/h2-4,9,12,20H,5-8,10H2,1H3. The average Bonchev–Trinajstić information content (AvgIpc) is 2.53. The molecule has 2 aromatic rings. The number of aryl methyl sites for hydroxylation is 1. The number of nitro benzene ring substituents is 1. The Bertz CT molecular complexity index is 709. The Morgan fingerprint density at radius 1 is 1.41 bits per heavy atom. The first kappa shape index (κ1) is 14.7. The number of nitrogens with zero attached hydrogens (tertiary/aromatic N) is 3. The molecule has 1 N–H and O–H groups in total. The normalized spacial score (nSPS) is 16.2. The van der Waals surface area contributed by atoms with Gasteiger partial charge in [0.2, 0.25) is 0 Å². The number of rotatable bonds is 3. The molecular formula is C16H19N3O3. The zero-order chi connectivity index (χ0) is 15.7. The summed E-state index contributed by atoms with van der Waals surface area (Å²) >= 11 is 0. The zero-order valence-corrected chi connectivity index (χ0v) is 12.5. The molecule has 2 heterocycles. The molecule has 6 heteroatoms. The quantitative estimate of drug-likeness (QED) is 0.696. The van der Waals surface area contributed by atoms with Crippen LogP contribution in [0.25, 0.3) is 10.9 Å². The van der Waals surface area contributed by atoms with Gasteiger partial charge in [0, 0.05) is 42.5 Å². The molecule has 1 aliphatic heterocycles. The van der Waals surface area contributed by atoms with Crippen LogP contribution in [0.1, 0.15) is 18.5 Å². The molecule has 3 rings (SSSR count). The number of non-ortho nitro benzene ring substituents is 1. The third-order valence-corrected chi connectivity index (χ3v) is 4.33. The smallest absolute Gasteiger partial charge is 0.295 e. The van der Waals surface area contributed by atoms with E-state index >= 15 is 0 Å². The third-order valence-electron chi connectivity index (χ3n) is 4.33. The van der Waals surface area contributed by atoms with Crippen LogP contribution >= 0.6 is 0 Å². The lowest BCUT2D eigenvalue weighted by Crippen LogP contribution is -2.34. The van der Waals surface area contributed by atoms with Crippen LogP contribution in [0.2, 0.25) is 0 Å². The maximum absolute atomic E-state index is 11.2. The van der Waals surface area contributed by atoms with E-state index in [-0.39, 0.29) is 17.2 Å². The topological polar surface area (TPSA) is 79.5 Å². The summed E-state index contributed by atoms with van der Waals surface area (Å²) in [5.41, 5.74) is 2.28. The highest BCUT2D eigenvalue weighted by atomic mass is 16.6. The SMILES string of the molecule is Cc1cc(N2CCC(CO)CC2)c2cccc([N+](=O)[O-])c2n1. The molecule has 1 aliphatic rings. The Hall–Kier alpha value is -2.21. The van der Waals surface area contributed by atoms with E-state index in [2.05, 4.69) is 9.88 Å². The lowest BCUT2D eigenvalue weighted by molar-refractivity contribution is -0.383. The van der Waals surface area contributed by atoms with Crippen molar-refractivity contribution in [2.24, 2.45) is 5.92 Å². The molecule has 22 heavy (non-hydrogen) atoms. The first-order valence-electron chi connectivity index (χ1n) is 7.50. The molecular weight excluding hydrogens is 282 g/mol. The molecule has 1 aromatic carbocycles. The Kier molecular flexibility index (Phi) is 3.94. The van der Waals surface area contributed by atoms with Gasteiger partial charge in [0.15, 0.2) is 5.52 Å². The van der Waals surface area contributed by atoms with Crippen LogP contribution in [-0.4, -0.2) is 34.7 Å². The summed E-state index contributed by atoms with van der Waals surface area (Å²) in [7, 11) is 0. The van der Waals surface area contributed by atoms with Gasteiger partial charge >= 0.3 is 0 Å². The Balaban J connectivity index is 2.06. The molecule has 6 nitrogen and oxygen atoms in total. The number of anilines is 1. The molecule has 0 spiro atoms. The maximum Gasteiger partial charge on any atom is 0.295 e. The summed E-state index contributed by atoms with van der Waals surface area (Å²) in [4.78, 5) is 17.5. The van der Waals surface area contributed by atoms with E-state index < -0.39 is 0 Å². The van der Waals surface area contributed by atoms with Gasteiger partial charge in [-0.1, -0.05) is 12.1 Å². The monoisotopic (exact) mass is 301 g/mol. The number of aliphatic hydroxyl groups is 1. The lowest BCUT2D eigenvalue weighted by atomic mass is 9.97. The highest BCUT2D eigenvalue weighted by Gasteiger charge is 2.22. The van der Waals surface area contributed by atoms with Gasteiger partial charge in [-0.3, -0.25) is 10.1 Å². The Morgan fingerprint density at radius 2 is 2.14 bits per heavy atom. The first-order chi connectivity index (χ1) is 10.6. The first-order valence-corrected chi connectivity index (χ1v) is 7.50. The van der Waals surface area contributed by atoms with Gasteiger partial charge in [0.05, 0.1) is 4.92 Å². The number of piperidine rings is 1. The number of hydrogen-bond acceptors (Lipinski definition) is 5. The van der Waals surface area contributed by atoms with Gasteiger partial charge in [0.25, 0.3) is 5.69 Å². The third kappa shape index (κ3) is 2.62. The van der Waals surface area contributed by atoms with Crippen molar-refractivity contribution in [3.63, 3.8) is 0 Å². The van der Waals surface area contributed by atoms with Crippen LogP contribution in [0.3, 0.4) is 0 Å². The van der Waals surface area contributed by atoms with Crippen LogP contribution in [0, 0.1) is 23.0 Å².